The molecule has 9 heteroatoms. The van der Waals surface area contributed by atoms with Gasteiger partial charge in [-0.2, -0.15) is 0 Å². The number of ether oxygens (including phenoxy) is 2. The van der Waals surface area contributed by atoms with Crippen LogP contribution in [0.25, 0.3) is 0 Å². The third-order valence-corrected chi connectivity index (χ3v) is 7.11. The number of carbonyl (C=O) groups excluding carboxylic acids is 3. The average molecular weight is 532 g/mol. The van der Waals surface area contributed by atoms with Crippen LogP contribution in [0.3, 0.4) is 0 Å². The van der Waals surface area contributed by atoms with Crippen molar-refractivity contribution < 1.29 is 23.9 Å². The van der Waals surface area contributed by atoms with E-state index in [-0.39, 0.29) is 28.1 Å². The molecule has 3 amide bonds. The Hall–Kier alpha value is -4.30. The lowest BCUT2D eigenvalue weighted by Crippen LogP contribution is -2.35. The van der Waals surface area contributed by atoms with E-state index < -0.39 is 11.8 Å². The molecule has 3 aromatic carbocycles. The van der Waals surface area contributed by atoms with Crippen molar-refractivity contribution in [3.63, 3.8) is 0 Å². The van der Waals surface area contributed by atoms with Crippen LogP contribution >= 0.6 is 11.6 Å². The molecule has 0 spiro atoms. The number of anilines is 3. The van der Waals surface area contributed by atoms with Gasteiger partial charge in [0.05, 0.1) is 19.9 Å². The molecule has 8 nitrogen and oxygen atoms in total. The van der Waals surface area contributed by atoms with Crippen LogP contribution in [0.15, 0.2) is 71.4 Å². The van der Waals surface area contributed by atoms with E-state index in [0.717, 1.165) is 34.6 Å². The Morgan fingerprint density at radius 3 is 2.50 bits per heavy atom. The summed E-state index contributed by atoms with van der Waals surface area (Å²) in [6, 6.07) is 17.9. The zero-order chi connectivity index (χ0) is 27.0. The molecule has 0 atom stereocenters. The van der Waals surface area contributed by atoms with Crippen molar-refractivity contribution in [1.29, 1.82) is 0 Å². The Bertz CT molecular complexity index is 1500. The summed E-state index contributed by atoms with van der Waals surface area (Å²) in [4.78, 5) is 42.7. The third-order valence-electron chi connectivity index (χ3n) is 6.75. The second-order valence-electron chi connectivity index (χ2n) is 9.02. The number of nitrogens with one attached hydrogen (secondary N) is 1. The molecule has 0 radical (unpaired) electrons. The van der Waals surface area contributed by atoms with Gasteiger partial charge in [0.25, 0.3) is 17.7 Å². The zero-order valence-electron chi connectivity index (χ0n) is 21.2. The van der Waals surface area contributed by atoms with Gasteiger partial charge in [0.15, 0.2) is 0 Å². The molecule has 0 fully saturated rings. The molecule has 2 aliphatic rings. The van der Waals surface area contributed by atoms with E-state index in [4.69, 9.17) is 21.1 Å². The van der Waals surface area contributed by atoms with E-state index in [1.54, 1.807) is 41.3 Å². The minimum atomic E-state index is -0.683. The lowest BCUT2D eigenvalue weighted by Gasteiger charge is -2.29. The maximum Gasteiger partial charge on any atom is 0.283 e. The predicted molar refractivity (Wildman–Crippen MR) is 146 cm³/mol. The first-order chi connectivity index (χ1) is 18.3. The van der Waals surface area contributed by atoms with Crippen molar-refractivity contribution in [3.05, 3.63) is 88.1 Å². The Morgan fingerprint density at radius 1 is 0.947 bits per heavy atom. The number of halogens is 1. The van der Waals surface area contributed by atoms with Gasteiger partial charge in [-0.25, -0.2) is 4.90 Å². The molecule has 1 N–H and O–H groups in total. The number of amides is 3. The fourth-order valence-corrected chi connectivity index (χ4v) is 4.94. The smallest absolute Gasteiger partial charge is 0.283 e. The average Bonchev–Trinajstić information content (AvgIpc) is 3.15. The third kappa shape index (κ3) is 4.37. The molecule has 5 rings (SSSR count). The van der Waals surface area contributed by atoms with Gasteiger partial charge >= 0.3 is 0 Å². The van der Waals surface area contributed by atoms with Gasteiger partial charge < -0.3 is 19.7 Å². The largest absolute Gasteiger partial charge is 0.497 e. The number of benzene rings is 3. The van der Waals surface area contributed by atoms with Crippen LogP contribution in [-0.4, -0.2) is 38.5 Å². The number of rotatable bonds is 6. The topological polar surface area (TPSA) is 88.2 Å². The van der Waals surface area contributed by atoms with Crippen molar-refractivity contribution in [2.45, 2.75) is 19.8 Å². The standard InChI is InChI=1S/C29H26ClN3O5/c1-17-10-11-19(27(34)32-14-6-8-18-7-4-5-9-22(18)32)15-21(17)31-26-25(30)28(35)33(29(26)36)23-13-12-20(37-2)16-24(23)38-3/h4-5,7,9-13,15-16,31H,6,8,14H2,1-3H3. The minimum absolute atomic E-state index is 0.0782. The quantitative estimate of drug-likeness (QED) is 0.448. The molecule has 38 heavy (non-hydrogen) atoms. The van der Waals surface area contributed by atoms with E-state index in [9.17, 15) is 14.4 Å². The van der Waals surface area contributed by atoms with Crippen molar-refractivity contribution in [2.75, 3.05) is 35.9 Å². The van der Waals surface area contributed by atoms with Crippen molar-refractivity contribution in [1.82, 2.24) is 0 Å². The van der Waals surface area contributed by atoms with Gasteiger partial charge in [0.1, 0.15) is 22.2 Å². The highest BCUT2D eigenvalue weighted by atomic mass is 35.5. The number of hydrogen-bond donors (Lipinski definition) is 1. The van der Waals surface area contributed by atoms with Crippen LogP contribution < -0.4 is 24.6 Å². The second-order valence-corrected chi connectivity index (χ2v) is 9.39. The lowest BCUT2D eigenvalue weighted by molar-refractivity contribution is -0.120. The monoisotopic (exact) mass is 531 g/mol. The zero-order valence-corrected chi connectivity index (χ0v) is 22.0. The molecule has 3 aromatic rings. The van der Waals surface area contributed by atoms with Crippen LogP contribution in [0, 0.1) is 6.92 Å². The van der Waals surface area contributed by atoms with Crippen LogP contribution in [0.5, 0.6) is 11.5 Å². The summed E-state index contributed by atoms with van der Waals surface area (Å²) in [6.45, 7) is 2.46. The summed E-state index contributed by atoms with van der Waals surface area (Å²) in [6.07, 6.45) is 1.81. The number of aryl methyl sites for hydroxylation is 2. The normalized spacial score (nSPS) is 15.1. The lowest BCUT2D eigenvalue weighted by atomic mass is 10.0. The molecule has 0 bridgehead atoms. The molecule has 0 saturated heterocycles. The number of hydrogen-bond acceptors (Lipinski definition) is 6. The number of imide groups is 1. The first kappa shape index (κ1) is 25.4. The molecular weight excluding hydrogens is 506 g/mol. The fraction of sp³-hybridized carbons (Fsp3) is 0.207. The van der Waals surface area contributed by atoms with Gasteiger partial charge in [-0.1, -0.05) is 35.9 Å². The maximum atomic E-state index is 13.5. The van der Waals surface area contributed by atoms with Gasteiger partial charge in [-0.15, -0.1) is 0 Å². The molecule has 194 valence electrons. The number of para-hydroxylation sites is 1. The summed E-state index contributed by atoms with van der Waals surface area (Å²) >= 11 is 6.37. The van der Waals surface area contributed by atoms with Crippen LogP contribution in [0.4, 0.5) is 17.1 Å². The maximum absolute atomic E-state index is 13.5. The number of carbonyl (C=O) groups is 3. The van der Waals surface area contributed by atoms with Crippen molar-refractivity contribution >= 4 is 46.4 Å². The summed E-state index contributed by atoms with van der Waals surface area (Å²) in [7, 11) is 2.94. The summed E-state index contributed by atoms with van der Waals surface area (Å²) < 4.78 is 10.6. The fourth-order valence-electron chi connectivity index (χ4n) is 4.72. The molecule has 0 unspecified atom stereocenters. The second kappa shape index (κ2) is 10.2. The van der Waals surface area contributed by atoms with E-state index in [2.05, 4.69) is 5.32 Å². The summed E-state index contributed by atoms with van der Waals surface area (Å²) in [5.74, 6) is -0.668. The van der Waals surface area contributed by atoms with Crippen LogP contribution in [0.1, 0.15) is 27.9 Å². The molecule has 0 aromatic heterocycles. The van der Waals surface area contributed by atoms with Crippen LogP contribution in [0.2, 0.25) is 0 Å². The van der Waals surface area contributed by atoms with Gasteiger partial charge in [0, 0.05) is 29.5 Å². The van der Waals surface area contributed by atoms with E-state index in [1.165, 1.54) is 14.2 Å². The SMILES string of the molecule is COc1ccc(N2C(=O)C(Cl)=C(Nc3cc(C(=O)N4CCCc5ccccc54)ccc3C)C2=O)c(OC)c1. The Morgan fingerprint density at radius 2 is 1.74 bits per heavy atom. The van der Waals surface area contributed by atoms with Gasteiger partial charge in [-0.3, -0.25) is 14.4 Å². The molecular formula is C29H26ClN3O5. The number of nitrogens with zero attached hydrogens (tertiary/aromatic N) is 2. The Balaban J connectivity index is 1.44. The predicted octanol–water partition coefficient (Wildman–Crippen LogP) is 5.04. The van der Waals surface area contributed by atoms with E-state index in [0.29, 0.717) is 23.5 Å². The van der Waals surface area contributed by atoms with E-state index in [1.807, 2.05) is 31.2 Å². The summed E-state index contributed by atoms with van der Waals surface area (Å²) in [5.41, 5.74) is 3.94. The molecule has 0 aliphatic carbocycles. The molecule has 2 aliphatic heterocycles. The molecule has 0 saturated carbocycles. The summed E-state index contributed by atoms with van der Waals surface area (Å²) in [5, 5.41) is 2.76. The van der Waals surface area contributed by atoms with Gasteiger partial charge in [0.2, 0.25) is 0 Å². The Kier molecular flexibility index (Phi) is 6.82. The Labute approximate surface area is 225 Å². The van der Waals surface area contributed by atoms with Crippen LogP contribution in [-0.2, 0) is 16.0 Å². The minimum Gasteiger partial charge on any atom is -0.497 e. The van der Waals surface area contributed by atoms with E-state index >= 15 is 0 Å². The van der Waals surface area contributed by atoms with Crippen molar-refractivity contribution in [2.24, 2.45) is 0 Å². The highest BCUT2D eigenvalue weighted by Crippen LogP contribution is 2.38. The van der Waals surface area contributed by atoms with Crippen molar-refractivity contribution in [3.8, 4) is 11.5 Å². The number of methoxy groups -OCH3 is 2. The first-order valence-electron chi connectivity index (χ1n) is 12.1. The number of fused-ring (bicyclic) bond motifs is 1. The highest BCUT2D eigenvalue weighted by molar-refractivity contribution is 6.53. The van der Waals surface area contributed by atoms with Gasteiger partial charge in [-0.05, 0) is 61.2 Å². The highest BCUT2D eigenvalue weighted by Gasteiger charge is 2.40. The first-order valence-corrected chi connectivity index (χ1v) is 12.5. The molecule has 2 heterocycles.